The number of nitrogens with one attached hydrogen (secondary N) is 1. The molecule has 0 aliphatic rings. The van der Waals surface area contributed by atoms with E-state index in [1.165, 1.54) is 0 Å². The summed E-state index contributed by atoms with van der Waals surface area (Å²) in [6, 6.07) is 9.83. The van der Waals surface area contributed by atoms with E-state index in [0.717, 1.165) is 16.9 Å². The van der Waals surface area contributed by atoms with Crippen LogP contribution in [-0.2, 0) is 18.3 Å². The maximum atomic E-state index is 12.5. The number of carbonyl (C=O) groups is 1. The number of anilines is 1. The summed E-state index contributed by atoms with van der Waals surface area (Å²) in [4.78, 5) is 14.5. The molecule has 21 heavy (non-hydrogen) atoms. The Morgan fingerprint density at radius 2 is 2.00 bits per heavy atom. The van der Waals surface area contributed by atoms with Gasteiger partial charge in [-0.05, 0) is 33.0 Å². The van der Waals surface area contributed by atoms with Crippen molar-refractivity contribution in [2.75, 3.05) is 19.4 Å². The fraction of sp³-hybridized carbons (Fsp3) is 0.375. The van der Waals surface area contributed by atoms with E-state index in [1.807, 2.05) is 69.5 Å². The van der Waals surface area contributed by atoms with Gasteiger partial charge in [-0.2, -0.15) is 5.10 Å². The van der Waals surface area contributed by atoms with Crippen LogP contribution in [0.3, 0.4) is 0 Å². The molecule has 5 nitrogen and oxygen atoms in total. The molecular formula is C16H22N4O. The zero-order chi connectivity index (χ0) is 15.4. The number of carbonyl (C=O) groups excluding carboxylic acids is 1. The highest BCUT2D eigenvalue weighted by molar-refractivity contribution is 5.95. The molecule has 5 heteroatoms. The maximum Gasteiger partial charge on any atom is 0.242 e. The molecule has 0 spiro atoms. The highest BCUT2D eigenvalue weighted by Gasteiger charge is 2.22. The van der Waals surface area contributed by atoms with E-state index in [-0.39, 0.29) is 11.9 Å². The number of rotatable bonds is 5. The average molecular weight is 286 g/mol. The standard InChI is InChI=1S/C16H22N4O/c1-12-14(11-20(4)18-12)17-16(21)15(19(2)3)10-13-8-6-5-7-9-13/h5-9,11,15H,10H2,1-4H3,(H,17,21)/t15-/m0/s1. The van der Waals surface area contributed by atoms with Gasteiger partial charge in [-0.3, -0.25) is 14.4 Å². The van der Waals surface area contributed by atoms with Crippen LogP contribution < -0.4 is 5.32 Å². The van der Waals surface area contributed by atoms with Crippen molar-refractivity contribution in [3.63, 3.8) is 0 Å². The van der Waals surface area contributed by atoms with E-state index in [1.54, 1.807) is 4.68 Å². The first-order chi connectivity index (χ1) is 9.97. The van der Waals surface area contributed by atoms with Crippen molar-refractivity contribution >= 4 is 11.6 Å². The SMILES string of the molecule is Cc1nn(C)cc1NC(=O)[C@H](Cc1ccccc1)N(C)C. The molecule has 1 N–H and O–H groups in total. The van der Waals surface area contributed by atoms with Gasteiger partial charge in [-0.1, -0.05) is 30.3 Å². The van der Waals surface area contributed by atoms with Crippen LogP contribution >= 0.6 is 0 Å². The predicted molar refractivity (Wildman–Crippen MR) is 84.2 cm³/mol. The highest BCUT2D eigenvalue weighted by Crippen LogP contribution is 2.14. The quantitative estimate of drug-likeness (QED) is 0.912. The second-order valence-electron chi connectivity index (χ2n) is 5.46. The van der Waals surface area contributed by atoms with Gasteiger partial charge in [0, 0.05) is 13.2 Å². The summed E-state index contributed by atoms with van der Waals surface area (Å²) in [6.45, 7) is 1.89. The Morgan fingerprint density at radius 1 is 1.33 bits per heavy atom. The Bertz CT molecular complexity index is 604. The molecule has 0 aliphatic carbocycles. The van der Waals surface area contributed by atoms with E-state index in [9.17, 15) is 4.79 Å². The largest absolute Gasteiger partial charge is 0.322 e. The lowest BCUT2D eigenvalue weighted by molar-refractivity contribution is -0.120. The van der Waals surface area contributed by atoms with Crippen molar-refractivity contribution in [2.24, 2.45) is 7.05 Å². The lowest BCUT2D eigenvalue weighted by Gasteiger charge is -2.23. The van der Waals surface area contributed by atoms with Gasteiger partial charge in [0.2, 0.25) is 5.91 Å². The maximum absolute atomic E-state index is 12.5. The molecule has 1 aromatic heterocycles. The number of likely N-dealkylation sites (N-methyl/N-ethyl adjacent to an activating group) is 1. The lowest BCUT2D eigenvalue weighted by atomic mass is 10.0. The minimum Gasteiger partial charge on any atom is -0.322 e. The van der Waals surface area contributed by atoms with Crippen LogP contribution in [0, 0.1) is 6.92 Å². The zero-order valence-electron chi connectivity index (χ0n) is 13.0. The number of aryl methyl sites for hydroxylation is 2. The molecule has 1 aromatic carbocycles. The summed E-state index contributed by atoms with van der Waals surface area (Å²) < 4.78 is 1.70. The average Bonchev–Trinajstić information content (AvgIpc) is 2.75. The fourth-order valence-electron chi connectivity index (χ4n) is 2.29. The van der Waals surface area contributed by atoms with Gasteiger partial charge in [0.25, 0.3) is 0 Å². The molecule has 0 bridgehead atoms. The summed E-state index contributed by atoms with van der Waals surface area (Å²) >= 11 is 0. The Hall–Kier alpha value is -2.14. The van der Waals surface area contributed by atoms with Crippen molar-refractivity contribution < 1.29 is 4.79 Å². The second-order valence-corrected chi connectivity index (χ2v) is 5.46. The fourth-order valence-corrected chi connectivity index (χ4v) is 2.29. The molecule has 0 saturated carbocycles. The van der Waals surface area contributed by atoms with Gasteiger partial charge in [-0.15, -0.1) is 0 Å². The van der Waals surface area contributed by atoms with E-state index < -0.39 is 0 Å². The number of nitrogens with zero attached hydrogens (tertiary/aromatic N) is 3. The van der Waals surface area contributed by atoms with E-state index >= 15 is 0 Å². The van der Waals surface area contributed by atoms with Crippen molar-refractivity contribution in [1.82, 2.24) is 14.7 Å². The van der Waals surface area contributed by atoms with Crippen molar-refractivity contribution in [1.29, 1.82) is 0 Å². The number of hydrogen-bond acceptors (Lipinski definition) is 3. The molecule has 2 aromatic rings. The molecule has 0 unspecified atom stereocenters. The number of aromatic nitrogens is 2. The predicted octanol–water partition coefficient (Wildman–Crippen LogP) is 1.84. The van der Waals surface area contributed by atoms with Crippen molar-refractivity contribution in [3.8, 4) is 0 Å². The topological polar surface area (TPSA) is 50.2 Å². The van der Waals surface area contributed by atoms with Gasteiger partial charge in [-0.25, -0.2) is 0 Å². The molecule has 1 atom stereocenters. The highest BCUT2D eigenvalue weighted by atomic mass is 16.2. The number of benzene rings is 1. The molecule has 0 aliphatic heterocycles. The zero-order valence-corrected chi connectivity index (χ0v) is 13.0. The molecule has 0 radical (unpaired) electrons. The van der Waals surface area contributed by atoms with Gasteiger partial charge < -0.3 is 5.32 Å². The van der Waals surface area contributed by atoms with Crippen LogP contribution in [-0.4, -0.2) is 40.7 Å². The minimum atomic E-state index is -0.216. The van der Waals surface area contributed by atoms with Crippen LogP contribution in [0.2, 0.25) is 0 Å². The molecule has 0 saturated heterocycles. The third-order valence-corrected chi connectivity index (χ3v) is 3.47. The van der Waals surface area contributed by atoms with E-state index in [2.05, 4.69) is 10.4 Å². The number of hydrogen-bond donors (Lipinski definition) is 1. The summed E-state index contributed by atoms with van der Waals surface area (Å²) in [7, 11) is 5.68. The number of amides is 1. The third kappa shape index (κ3) is 3.92. The van der Waals surface area contributed by atoms with Crippen molar-refractivity contribution in [2.45, 2.75) is 19.4 Å². The smallest absolute Gasteiger partial charge is 0.242 e. The first kappa shape index (κ1) is 15.3. The minimum absolute atomic E-state index is 0.0139. The van der Waals surface area contributed by atoms with Crippen LogP contribution in [0.1, 0.15) is 11.3 Å². The monoisotopic (exact) mass is 286 g/mol. The van der Waals surface area contributed by atoms with Crippen molar-refractivity contribution in [3.05, 3.63) is 47.8 Å². The molecule has 2 rings (SSSR count). The second kappa shape index (κ2) is 6.54. The Balaban J connectivity index is 2.11. The molecule has 1 amide bonds. The first-order valence-electron chi connectivity index (χ1n) is 6.99. The summed E-state index contributed by atoms with van der Waals surface area (Å²) in [6.07, 6.45) is 2.50. The molecule has 1 heterocycles. The summed E-state index contributed by atoms with van der Waals surface area (Å²) in [5.74, 6) is -0.0139. The van der Waals surface area contributed by atoms with Crippen LogP contribution in [0.15, 0.2) is 36.5 Å². The normalized spacial score (nSPS) is 12.4. The van der Waals surface area contributed by atoms with E-state index in [0.29, 0.717) is 6.42 Å². The Labute approximate surface area is 125 Å². The first-order valence-corrected chi connectivity index (χ1v) is 6.99. The molecule has 112 valence electrons. The Morgan fingerprint density at radius 3 is 2.52 bits per heavy atom. The third-order valence-electron chi connectivity index (χ3n) is 3.47. The van der Waals surface area contributed by atoms with Crippen LogP contribution in [0.25, 0.3) is 0 Å². The van der Waals surface area contributed by atoms with E-state index in [4.69, 9.17) is 0 Å². The lowest BCUT2D eigenvalue weighted by Crippen LogP contribution is -2.41. The van der Waals surface area contributed by atoms with Crippen LogP contribution in [0.4, 0.5) is 5.69 Å². The van der Waals surface area contributed by atoms with Gasteiger partial charge in [0.1, 0.15) is 0 Å². The van der Waals surface area contributed by atoms with Gasteiger partial charge in [0.05, 0.1) is 17.4 Å². The molecule has 0 fully saturated rings. The van der Waals surface area contributed by atoms with Crippen LogP contribution in [0.5, 0.6) is 0 Å². The van der Waals surface area contributed by atoms with Gasteiger partial charge >= 0.3 is 0 Å². The molecular weight excluding hydrogens is 264 g/mol. The summed E-state index contributed by atoms with van der Waals surface area (Å²) in [5.41, 5.74) is 2.74. The van der Waals surface area contributed by atoms with Gasteiger partial charge in [0.15, 0.2) is 0 Å². The summed E-state index contributed by atoms with van der Waals surface area (Å²) in [5, 5.41) is 7.21. The Kier molecular flexibility index (Phi) is 4.75.